The molecule has 2 aromatic carbocycles. The molecule has 0 aliphatic carbocycles. The van der Waals surface area contributed by atoms with Gasteiger partial charge in [-0.25, -0.2) is 0 Å². The number of hydrogen-bond acceptors (Lipinski definition) is 3. The molecule has 0 saturated carbocycles. The van der Waals surface area contributed by atoms with Gasteiger partial charge in [-0.1, -0.05) is 35.4 Å². The summed E-state index contributed by atoms with van der Waals surface area (Å²) in [6.07, 6.45) is 0. The maximum atomic E-state index is 10.4. The van der Waals surface area contributed by atoms with E-state index >= 15 is 0 Å². The van der Waals surface area contributed by atoms with Crippen LogP contribution in [0.4, 0.5) is 0 Å². The van der Waals surface area contributed by atoms with Crippen LogP contribution in [0.1, 0.15) is 47.2 Å². The molecule has 0 bridgehead atoms. The molecule has 0 spiro atoms. The Morgan fingerprint density at radius 2 is 1.12 bits per heavy atom. The van der Waals surface area contributed by atoms with Gasteiger partial charge in [-0.3, -0.25) is 4.90 Å². The number of nitrogens with zero attached hydrogens (tertiary/aromatic N) is 1. The molecule has 0 radical (unpaired) electrons. The maximum absolute atomic E-state index is 10.4. The topological polar surface area (TPSA) is 43.7 Å². The van der Waals surface area contributed by atoms with E-state index in [1.165, 1.54) is 0 Å². The summed E-state index contributed by atoms with van der Waals surface area (Å²) in [6, 6.07) is 8.37. The summed E-state index contributed by atoms with van der Waals surface area (Å²) in [5.74, 6) is 0.742. The molecule has 0 aliphatic rings. The molecule has 0 heterocycles. The molecule has 0 aromatic heterocycles. The second kappa shape index (κ2) is 7.27. The largest absolute Gasteiger partial charge is 0.507 e. The number of phenols is 2. The smallest absolute Gasteiger partial charge is 0.122 e. The first-order valence-corrected chi connectivity index (χ1v) is 8.51. The third-order valence-electron chi connectivity index (χ3n) is 4.52. The van der Waals surface area contributed by atoms with Gasteiger partial charge in [0.2, 0.25) is 0 Å². The van der Waals surface area contributed by atoms with Gasteiger partial charge in [0.15, 0.2) is 0 Å². The quantitative estimate of drug-likeness (QED) is 0.833. The standard InChI is InChI=1S/C21H29NO2/c1-13(2)22(11-18-9-14(3)7-16(5)20(18)23)12-19-10-15(4)8-17(6)21(19)24/h7-10,13,23-24H,11-12H2,1-6H3. The van der Waals surface area contributed by atoms with Gasteiger partial charge in [-0.15, -0.1) is 0 Å². The number of hydrogen-bond donors (Lipinski definition) is 2. The lowest BCUT2D eigenvalue weighted by Crippen LogP contribution is -2.30. The van der Waals surface area contributed by atoms with E-state index in [-0.39, 0.29) is 0 Å². The van der Waals surface area contributed by atoms with Crippen LogP contribution in [-0.2, 0) is 13.1 Å². The highest BCUT2D eigenvalue weighted by molar-refractivity contribution is 5.44. The average molecular weight is 327 g/mol. The molecule has 0 saturated heterocycles. The van der Waals surface area contributed by atoms with Crippen molar-refractivity contribution in [2.45, 2.75) is 60.7 Å². The van der Waals surface area contributed by atoms with Crippen LogP contribution in [0.15, 0.2) is 24.3 Å². The molecular formula is C21H29NO2. The second-order valence-electron chi connectivity index (χ2n) is 7.18. The summed E-state index contributed by atoms with van der Waals surface area (Å²) in [6.45, 7) is 13.5. The van der Waals surface area contributed by atoms with Crippen molar-refractivity contribution in [3.63, 3.8) is 0 Å². The van der Waals surface area contributed by atoms with Gasteiger partial charge in [0.1, 0.15) is 11.5 Å². The van der Waals surface area contributed by atoms with E-state index in [0.717, 1.165) is 33.4 Å². The highest BCUT2D eigenvalue weighted by Gasteiger charge is 2.17. The van der Waals surface area contributed by atoms with Crippen molar-refractivity contribution < 1.29 is 10.2 Å². The lowest BCUT2D eigenvalue weighted by atomic mass is 10.0. The minimum absolute atomic E-state index is 0.297. The highest BCUT2D eigenvalue weighted by atomic mass is 16.3. The van der Waals surface area contributed by atoms with Crippen LogP contribution in [0, 0.1) is 27.7 Å². The first-order chi connectivity index (χ1) is 11.2. The third-order valence-corrected chi connectivity index (χ3v) is 4.52. The zero-order valence-electron chi connectivity index (χ0n) is 15.6. The zero-order valence-corrected chi connectivity index (χ0v) is 15.6. The van der Waals surface area contributed by atoms with Crippen molar-refractivity contribution in [3.8, 4) is 11.5 Å². The SMILES string of the molecule is Cc1cc(C)c(O)c(CN(Cc2cc(C)cc(C)c2O)C(C)C)c1. The van der Waals surface area contributed by atoms with Gasteiger partial charge < -0.3 is 10.2 Å². The predicted octanol–water partition coefficient (Wildman–Crippen LogP) is 4.74. The molecule has 2 N–H and O–H groups in total. The molecule has 24 heavy (non-hydrogen) atoms. The lowest BCUT2D eigenvalue weighted by Gasteiger charge is -2.28. The van der Waals surface area contributed by atoms with Crippen molar-refractivity contribution in [2.75, 3.05) is 0 Å². The third kappa shape index (κ3) is 4.09. The second-order valence-corrected chi connectivity index (χ2v) is 7.18. The predicted molar refractivity (Wildman–Crippen MR) is 99.5 cm³/mol. The molecule has 130 valence electrons. The average Bonchev–Trinajstić information content (AvgIpc) is 2.48. The Balaban J connectivity index is 2.32. The van der Waals surface area contributed by atoms with E-state index < -0.39 is 0 Å². The lowest BCUT2D eigenvalue weighted by molar-refractivity contribution is 0.199. The van der Waals surface area contributed by atoms with E-state index in [1.807, 2.05) is 52.0 Å². The first kappa shape index (κ1) is 18.3. The maximum Gasteiger partial charge on any atom is 0.122 e. The fourth-order valence-electron chi connectivity index (χ4n) is 3.20. The Kier molecular flexibility index (Phi) is 5.55. The van der Waals surface area contributed by atoms with Gasteiger partial charge in [-0.05, 0) is 52.7 Å². The monoisotopic (exact) mass is 327 g/mol. The molecule has 3 nitrogen and oxygen atoms in total. The molecule has 0 aliphatic heterocycles. The van der Waals surface area contributed by atoms with Crippen LogP contribution in [0.5, 0.6) is 11.5 Å². The Hall–Kier alpha value is -2.00. The first-order valence-electron chi connectivity index (χ1n) is 8.51. The molecule has 2 aromatic rings. The van der Waals surface area contributed by atoms with Gasteiger partial charge in [-0.2, -0.15) is 0 Å². The van der Waals surface area contributed by atoms with Gasteiger partial charge in [0.05, 0.1) is 0 Å². The number of benzene rings is 2. The fourth-order valence-corrected chi connectivity index (χ4v) is 3.20. The van der Waals surface area contributed by atoms with E-state index in [4.69, 9.17) is 0 Å². The Labute approximate surface area is 145 Å². The van der Waals surface area contributed by atoms with Crippen molar-refractivity contribution in [3.05, 3.63) is 57.6 Å². The van der Waals surface area contributed by atoms with E-state index in [0.29, 0.717) is 30.6 Å². The highest BCUT2D eigenvalue weighted by Crippen LogP contribution is 2.29. The summed E-state index contributed by atoms with van der Waals surface area (Å²) >= 11 is 0. The zero-order chi connectivity index (χ0) is 18.0. The number of phenolic OH excluding ortho intramolecular Hbond substituents is 2. The summed E-state index contributed by atoms with van der Waals surface area (Å²) in [5.41, 5.74) is 5.98. The molecule has 0 atom stereocenters. The van der Waals surface area contributed by atoms with Crippen LogP contribution in [0.25, 0.3) is 0 Å². The van der Waals surface area contributed by atoms with Gasteiger partial charge >= 0.3 is 0 Å². The van der Waals surface area contributed by atoms with Crippen LogP contribution >= 0.6 is 0 Å². The van der Waals surface area contributed by atoms with Crippen molar-refractivity contribution in [2.24, 2.45) is 0 Å². The number of rotatable bonds is 5. The van der Waals surface area contributed by atoms with Crippen molar-refractivity contribution >= 4 is 0 Å². The Morgan fingerprint density at radius 1 is 0.750 bits per heavy atom. The van der Waals surface area contributed by atoms with Crippen LogP contribution in [-0.4, -0.2) is 21.2 Å². The summed E-state index contributed by atoms with van der Waals surface area (Å²) < 4.78 is 0. The summed E-state index contributed by atoms with van der Waals surface area (Å²) in [5, 5.41) is 20.8. The molecule has 3 heteroatoms. The normalized spacial score (nSPS) is 11.5. The van der Waals surface area contributed by atoms with Crippen molar-refractivity contribution in [1.82, 2.24) is 4.90 Å². The molecule has 0 amide bonds. The van der Waals surface area contributed by atoms with Crippen LogP contribution < -0.4 is 0 Å². The van der Waals surface area contributed by atoms with Gasteiger partial charge in [0, 0.05) is 30.3 Å². The Bertz CT molecular complexity index is 676. The van der Waals surface area contributed by atoms with Gasteiger partial charge in [0.25, 0.3) is 0 Å². The molecule has 0 unspecified atom stereocenters. The fraction of sp³-hybridized carbons (Fsp3) is 0.429. The number of aromatic hydroxyl groups is 2. The minimum atomic E-state index is 0.297. The van der Waals surface area contributed by atoms with Crippen LogP contribution in [0.3, 0.4) is 0 Å². The van der Waals surface area contributed by atoms with E-state index in [9.17, 15) is 10.2 Å². The summed E-state index contributed by atoms with van der Waals surface area (Å²) in [7, 11) is 0. The summed E-state index contributed by atoms with van der Waals surface area (Å²) in [4.78, 5) is 2.27. The molecule has 0 fully saturated rings. The number of aryl methyl sites for hydroxylation is 4. The molecule has 2 rings (SSSR count). The van der Waals surface area contributed by atoms with E-state index in [2.05, 4.69) is 18.7 Å². The van der Waals surface area contributed by atoms with E-state index in [1.54, 1.807) is 0 Å². The molecular weight excluding hydrogens is 298 g/mol. The Morgan fingerprint density at radius 3 is 1.46 bits per heavy atom. The minimum Gasteiger partial charge on any atom is -0.507 e. The van der Waals surface area contributed by atoms with Crippen molar-refractivity contribution in [1.29, 1.82) is 0 Å². The van der Waals surface area contributed by atoms with Crippen LogP contribution in [0.2, 0.25) is 0 Å².